The molecule has 0 aromatic heterocycles. The minimum absolute atomic E-state index is 0.165. The highest BCUT2D eigenvalue weighted by atomic mass is 16.5. The first-order valence-electron chi connectivity index (χ1n) is 14.6. The summed E-state index contributed by atoms with van der Waals surface area (Å²) in [7, 11) is 0. The standard InChI is InChI=1S/C32H39N3O4/c36-29(34-11-13-35(14-12-34)32-19-24-15-25(20-32)17-26(16-24)21-32)22-39-31(38)28(18-23-7-3-1-4-8-23)33-30(37)27-9-5-2-6-10-27/h1-10,24-26,28H,11-22H2,(H,33,37)/t24?,25?,26?,28-,32?/m1/s1. The van der Waals surface area contributed by atoms with Gasteiger partial charge in [-0.15, -0.1) is 0 Å². The summed E-state index contributed by atoms with van der Waals surface area (Å²) >= 11 is 0. The van der Waals surface area contributed by atoms with Crippen LogP contribution in [0.4, 0.5) is 0 Å². The van der Waals surface area contributed by atoms with E-state index in [0.29, 0.717) is 24.2 Å². The van der Waals surface area contributed by atoms with Crippen molar-refractivity contribution >= 4 is 17.8 Å². The van der Waals surface area contributed by atoms with Gasteiger partial charge in [-0.3, -0.25) is 14.5 Å². The van der Waals surface area contributed by atoms with Crippen molar-refractivity contribution in [1.29, 1.82) is 0 Å². The molecule has 4 bridgehead atoms. The van der Waals surface area contributed by atoms with E-state index in [4.69, 9.17) is 4.74 Å². The van der Waals surface area contributed by atoms with Crippen molar-refractivity contribution < 1.29 is 19.1 Å². The van der Waals surface area contributed by atoms with Gasteiger partial charge in [0.15, 0.2) is 6.61 Å². The molecule has 0 unspecified atom stereocenters. The number of esters is 1. The fourth-order valence-electron chi connectivity index (χ4n) is 8.08. The average Bonchev–Trinajstić information content (AvgIpc) is 2.96. The van der Waals surface area contributed by atoms with Gasteiger partial charge in [0, 0.05) is 43.7 Å². The van der Waals surface area contributed by atoms with Gasteiger partial charge in [0.1, 0.15) is 6.04 Å². The Labute approximate surface area is 230 Å². The minimum Gasteiger partial charge on any atom is -0.454 e. The van der Waals surface area contributed by atoms with Crippen LogP contribution in [0.2, 0.25) is 0 Å². The lowest BCUT2D eigenvalue weighted by atomic mass is 9.52. The number of amides is 2. The van der Waals surface area contributed by atoms with Gasteiger partial charge in [-0.25, -0.2) is 4.79 Å². The van der Waals surface area contributed by atoms with E-state index in [1.807, 2.05) is 41.3 Å². The number of benzene rings is 2. The number of piperazine rings is 1. The van der Waals surface area contributed by atoms with E-state index in [9.17, 15) is 14.4 Å². The van der Waals surface area contributed by atoms with Crippen molar-refractivity contribution in [3.05, 3.63) is 71.8 Å². The zero-order valence-electron chi connectivity index (χ0n) is 22.6. The number of carbonyl (C=O) groups is 3. The van der Waals surface area contributed by atoms with Crippen LogP contribution in [0.1, 0.15) is 54.4 Å². The largest absolute Gasteiger partial charge is 0.454 e. The SMILES string of the molecule is O=C(N[C@H](Cc1ccccc1)C(=O)OCC(=O)N1CCN(C23CC4CC(CC(C4)C2)C3)CC1)c1ccccc1. The van der Waals surface area contributed by atoms with E-state index < -0.39 is 12.0 Å². The van der Waals surface area contributed by atoms with Crippen LogP contribution in [0.25, 0.3) is 0 Å². The zero-order chi connectivity index (χ0) is 26.8. The highest BCUT2D eigenvalue weighted by molar-refractivity contribution is 5.97. The van der Waals surface area contributed by atoms with Gasteiger partial charge < -0.3 is 15.0 Å². The number of hydrogen-bond donors (Lipinski definition) is 1. The lowest BCUT2D eigenvalue weighted by Gasteiger charge is -2.61. The van der Waals surface area contributed by atoms with Crippen LogP contribution in [-0.2, 0) is 20.7 Å². The molecule has 206 valence electrons. The lowest BCUT2D eigenvalue weighted by molar-refractivity contribution is -0.155. The molecule has 7 rings (SSSR count). The highest BCUT2D eigenvalue weighted by Gasteiger charge is 2.53. The van der Waals surface area contributed by atoms with Crippen molar-refractivity contribution in [2.24, 2.45) is 17.8 Å². The smallest absolute Gasteiger partial charge is 0.329 e. The molecular formula is C32H39N3O4. The van der Waals surface area contributed by atoms with Gasteiger partial charge >= 0.3 is 5.97 Å². The Balaban J connectivity index is 1.03. The van der Waals surface area contributed by atoms with Crippen LogP contribution in [0, 0.1) is 17.8 Å². The Morgan fingerprint density at radius 3 is 1.97 bits per heavy atom. The molecule has 1 saturated heterocycles. The number of rotatable bonds is 8. The molecule has 2 amide bonds. The molecule has 4 aliphatic carbocycles. The van der Waals surface area contributed by atoms with E-state index in [0.717, 1.165) is 36.4 Å². The summed E-state index contributed by atoms with van der Waals surface area (Å²) in [6.45, 7) is 2.85. The Hall–Kier alpha value is -3.19. The number of nitrogens with one attached hydrogen (secondary N) is 1. The quantitative estimate of drug-likeness (QED) is 0.528. The maximum absolute atomic E-state index is 13.1. The summed E-state index contributed by atoms with van der Waals surface area (Å²) < 4.78 is 5.50. The van der Waals surface area contributed by atoms with Crippen LogP contribution in [-0.4, -0.2) is 72.0 Å². The van der Waals surface area contributed by atoms with Crippen LogP contribution in [0.5, 0.6) is 0 Å². The van der Waals surface area contributed by atoms with Gasteiger partial charge in [-0.1, -0.05) is 48.5 Å². The zero-order valence-corrected chi connectivity index (χ0v) is 22.6. The number of hydrogen-bond acceptors (Lipinski definition) is 5. The second-order valence-electron chi connectivity index (χ2n) is 12.2. The maximum atomic E-state index is 13.1. The molecule has 7 heteroatoms. The lowest BCUT2D eigenvalue weighted by Crippen LogP contribution is -2.64. The molecule has 2 aromatic rings. The van der Waals surface area contributed by atoms with Crippen LogP contribution in [0.15, 0.2) is 60.7 Å². The molecule has 7 nitrogen and oxygen atoms in total. The summed E-state index contributed by atoms with van der Waals surface area (Å²) in [6.07, 6.45) is 8.59. The molecule has 4 saturated carbocycles. The second kappa shape index (κ2) is 11.1. The summed E-state index contributed by atoms with van der Waals surface area (Å²) in [6, 6.07) is 17.4. The first-order valence-corrected chi connectivity index (χ1v) is 14.6. The number of carbonyl (C=O) groups excluding carboxylic acids is 3. The summed E-state index contributed by atoms with van der Waals surface area (Å²) in [5.74, 6) is 1.61. The normalized spacial score (nSPS) is 28.6. The second-order valence-corrected chi connectivity index (χ2v) is 12.2. The van der Waals surface area contributed by atoms with E-state index in [-0.39, 0.29) is 24.8 Å². The van der Waals surface area contributed by atoms with E-state index in [1.54, 1.807) is 24.3 Å². The van der Waals surface area contributed by atoms with Crippen molar-refractivity contribution in [3.63, 3.8) is 0 Å². The van der Waals surface area contributed by atoms with Gasteiger partial charge in [0.25, 0.3) is 11.8 Å². The van der Waals surface area contributed by atoms with Gasteiger partial charge in [-0.05, 0) is 74.0 Å². The van der Waals surface area contributed by atoms with Crippen molar-refractivity contribution in [2.45, 2.75) is 56.5 Å². The van der Waals surface area contributed by atoms with Gasteiger partial charge in [0.05, 0.1) is 0 Å². The molecule has 0 radical (unpaired) electrons. The monoisotopic (exact) mass is 529 g/mol. The van der Waals surface area contributed by atoms with Crippen molar-refractivity contribution in [2.75, 3.05) is 32.8 Å². The van der Waals surface area contributed by atoms with Crippen LogP contribution in [0.3, 0.4) is 0 Å². The molecule has 2 aromatic carbocycles. The predicted molar refractivity (Wildman–Crippen MR) is 148 cm³/mol. The fraction of sp³-hybridized carbons (Fsp3) is 0.531. The Morgan fingerprint density at radius 2 is 1.38 bits per heavy atom. The number of ether oxygens (including phenoxy) is 1. The van der Waals surface area contributed by atoms with Gasteiger partial charge in [0.2, 0.25) is 0 Å². The fourth-order valence-corrected chi connectivity index (χ4v) is 8.08. The maximum Gasteiger partial charge on any atom is 0.329 e. The van der Waals surface area contributed by atoms with E-state index in [2.05, 4.69) is 10.2 Å². The third-order valence-electron chi connectivity index (χ3n) is 9.56. The van der Waals surface area contributed by atoms with Crippen LogP contribution >= 0.6 is 0 Å². The molecule has 1 aliphatic heterocycles. The predicted octanol–water partition coefficient (Wildman–Crippen LogP) is 3.68. The van der Waals surface area contributed by atoms with Crippen molar-refractivity contribution in [3.8, 4) is 0 Å². The number of nitrogens with zero attached hydrogens (tertiary/aromatic N) is 2. The molecule has 5 aliphatic rings. The first kappa shape index (κ1) is 26.1. The highest BCUT2D eigenvalue weighted by Crippen LogP contribution is 2.57. The van der Waals surface area contributed by atoms with Crippen molar-refractivity contribution in [1.82, 2.24) is 15.1 Å². The summed E-state index contributed by atoms with van der Waals surface area (Å²) in [4.78, 5) is 43.4. The summed E-state index contributed by atoms with van der Waals surface area (Å²) in [5.41, 5.74) is 1.73. The average molecular weight is 530 g/mol. The third-order valence-corrected chi connectivity index (χ3v) is 9.56. The molecule has 39 heavy (non-hydrogen) atoms. The Bertz CT molecular complexity index is 1140. The molecule has 1 atom stereocenters. The Kier molecular flexibility index (Phi) is 7.43. The summed E-state index contributed by atoms with van der Waals surface area (Å²) in [5, 5.41) is 2.81. The molecule has 1 heterocycles. The molecule has 5 fully saturated rings. The minimum atomic E-state index is -0.888. The molecular weight excluding hydrogens is 490 g/mol. The third kappa shape index (κ3) is 5.74. The first-order chi connectivity index (χ1) is 19.0. The van der Waals surface area contributed by atoms with E-state index >= 15 is 0 Å². The van der Waals surface area contributed by atoms with Gasteiger partial charge in [-0.2, -0.15) is 0 Å². The van der Waals surface area contributed by atoms with E-state index in [1.165, 1.54) is 38.5 Å². The Morgan fingerprint density at radius 1 is 0.821 bits per heavy atom. The topological polar surface area (TPSA) is 78.9 Å². The molecule has 0 spiro atoms. The van der Waals surface area contributed by atoms with Crippen LogP contribution < -0.4 is 5.32 Å². The molecule has 1 N–H and O–H groups in total.